The Hall–Kier alpha value is -1.95. The number of guanidine groups is 1. The fourth-order valence-corrected chi connectivity index (χ4v) is 1.90. The minimum atomic E-state index is -0.208. The SMILES string of the molecule is CCNC(=NCC(C)(CC)CO)Nc1ccc(OC)c(OC)c1. The second-order valence-corrected chi connectivity index (χ2v) is 5.71. The van der Waals surface area contributed by atoms with Gasteiger partial charge in [-0.15, -0.1) is 0 Å². The van der Waals surface area contributed by atoms with E-state index in [1.807, 2.05) is 32.0 Å². The Labute approximate surface area is 138 Å². The predicted molar refractivity (Wildman–Crippen MR) is 94.6 cm³/mol. The lowest BCUT2D eigenvalue weighted by atomic mass is 9.89. The summed E-state index contributed by atoms with van der Waals surface area (Å²) in [4.78, 5) is 4.58. The van der Waals surface area contributed by atoms with Gasteiger partial charge in [-0.05, 0) is 25.5 Å². The minimum Gasteiger partial charge on any atom is -0.493 e. The van der Waals surface area contributed by atoms with Gasteiger partial charge in [-0.3, -0.25) is 4.99 Å². The Bertz CT molecular complexity index is 514. The van der Waals surface area contributed by atoms with E-state index in [1.165, 1.54) is 0 Å². The van der Waals surface area contributed by atoms with Gasteiger partial charge in [0.15, 0.2) is 17.5 Å². The number of nitrogens with one attached hydrogen (secondary N) is 2. The summed E-state index contributed by atoms with van der Waals surface area (Å²) in [6.45, 7) is 7.50. The van der Waals surface area contributed by atoms with Gasteiger partial charge in [0.05, 0.1) is 27.4 Å². The molecule has 0 amide bonds. The number of aliphatic imine (C=N–C) groups is 1. The maximum atomic E-state index is 9.50. The maximum absolute atomic E-state index is 9.50. The molecule has 0 aliphatic heterocycles. The molecule has 1 atom stereocenters. The zero-order chi connectivity index (χ0) is 17.3. The maximum Gasteiger partial charge on any atom is 0.195 e. The summed E-state index contributed by atoms with van der Waals surface area (Å²) in [5.41, 5.74) is 0.643. The summed E-state index contributed by atoms with van der Waals surface area (Å²) < 4.78 is 10.5. The molecule has 0 aliphatic rings. The molecule has 1 aromatic carbocycles. The number of rotatable bonds is 8. The zero-order valence-electron chi connectivity index (χ0n) is 14.8. The van der Waals surface area contributed by atoms with Crippen molar-refractivity contribution in [2.75, 3.05) is 39.2 Å². The van der Waals surface area contributed by atoms with E-state index < -0.39 is 0 Å². The molecule has 0 spiro atoms. The molecule has 0 saturated carbocycles. The average Bonchev–Trinajstić information content (AvgIpc) is 2.59. The predicted octanol–water partition coefficient (Wildman–Crippen LogP) is 2.49. The van der Waals surface area contributed by atoms with E-state index in [9.17, 15) is 5.11 Å². The number of aliphatic hydroxyl groups excluding tert-OH is 1. The normalized spacial score (nSPS) is 14.1. The number of aliphatic hydroxyl groups is 1. The van der Waals surface area contributed by atoms with E-state index in [0.29, 0.717) is 24.0 Å². The van der Waals surface area contributed by atoms with Crippen LogP contribution in [0.3, 0.4) is 0 Å². The van der Waals surface area contributed by atoms with E-state index in [0.717, 1.165) is 18.7 Å². The fraction of sp³-hybridized carbons (Fsp3) is 0.588. The van der Waals surface area contributed by atoms with Crippen LogP contribution in [0.1, 0.15) is 27.2 Å². The van der Waals surface area contributed by atoms with Gasteiger partial charge >= 0.3 is 0 Å². The first kappa shape index (κ1) is 19.1. The third-order valence-corrected chi connectivity index (χ3v) is 3.84. The third kappa shape index (κ3) is 5.63. The molecule has 23 heavy (non-hydrogen) atoms. The first-order valence-electron chi connectivity index (χ1n) is 7.90. The molecule has 0 heterocycles. The number of nitrogens with zero attached hydrogens (tertiary/aromatic N) is 1. The van der Waals surface area contributed by atoms with E-state index in [-0.39, 0.29) is 12.0 Å². The van der Waals surface area contributed by atoms with Crippen LogP contribution in [-0.2, 0) is 0 Å². The molecule has 1 unspecified atom stereocenters. The van der Waals surface area contributed by atoms with Gasteiger partial charge in [-0.1, -0.05) is 13.8 Å². The fourth-order valence-electron chi connectivity index (χ4n) is 1.90. The molecular formula is C17H29N3O3. The van der Waals surface area contributed by atoms with E-state index >= 15 is 0 Å². The van der Waals surface area contributed by atoms with Crippen molar-refractivity contribution in [3.05, 3.63) is 18.2 Å². The molecule has 6 nitrogen and oxygen atoms in total. The van der Waals surface area contributed by atoms with Crippen LogP contribution in [0.15, 0.2) is 23.2 Å². The lowest BCUT2D eigenvalue weighted by molar-refractivity contribution is 0.146. The average molecular weight is 323 g/mol. The van der Waals surface area contributed by atoms with Gasteiger partial charge in [0.25, 0.3) is 0 Å². The second-order valence-electron chi connectivity index (χ2n) is 5.71. The van der Waals surface area contributed by atoms with Gasteiger partial charge in [0, 0.05) is 23.7 Å². The van der Waals surface area contributed by atoms with Crippen molar-refractivity contribution < 1.29 is 14.6 Å². The topological polar surface area (TPSA) is 75.1 Å². The van der Waals surface area contributed by atoms with Crippen LogP contribution in [0, 0.1) is 5.41 Å². The van der Waals surface area contributed by atoms with E-state index in [2.05, 4.69) is 22.5 Å². The van der Waals surface area contributed by atoms with Crippen molar-refractivity contribution in [2.24, 2.45) is 10.4 Å². The Morgan fingerprint density at radius 1 is 1.22 bits per heavy atom. The molecule has 0 saturated heterocycles. The number of benzene rings is 1. The summed E-state index contributed by atoms with van der Waals surface area (Å²) in [6.07, 6.45) is 0.864. The summed E-state index contributed by atoms with van der Waals surface area (Å²) in [7, 11) is 3.21. The number of anilines is 1. The van der Waals surface area contributed by atoms with Crippen molar-refractivity contribution in [1.82, 2.24) is 5.32 Å². The number of methoxy groups -OCH3 is 2. The first-order chi connectivity index (χ1) is 11.0. The quantitative estimate of drug-likeness (QED) is 0.506. The Morgan fingerprint density at radius 2 is 1.91 bits per heavy atom. The van der Waals surface area contributed by atoms with Crippen molar-refractivity contribution >= 4 is 11.6 Å². The molecule has 0 aliphatic carbocycles. The van der Waals surface area contributed by atoms with Crippen LogP contribution in [0.25, 0.3) is 0 Å². The van der Waals surface area contributed by atoms with Crippen LogP contribution in [-0.4, -0.2) is 45.0 Å². The number of hydrogen-bond acceptors (Lipinski definition) is 4. The summed E-state index contributed by atoms with van der Waals surface area (Å²) in [6, 6.07) is 5.60. The van der Waals surface area contributed by atoms with Gasteiger partial charge in [-0.25, -0.2) is 0 Å². The molecule has 0 aromatic heterocycles. The van der Waals surface area contributed by atoms with Gasteiger partial charge in [0.2, 0.25) is 0 Å². The molecule has 6 heteroatoms. The Morgan fingerprint density at radius 3 is 2.43 bits per heavy atom. The van der Waals surface area contributed by atoms with Gasteiger partial charge < -0.3 is 25.2 Å². The Balaban J connectivity index is 2.91. The highest BCUT2D eigenvalue weighted by Crippen LogP contribution is 2.29. The number of hydrogen-bond donors (Lipinski definition) is 3. The summed E-state index contributed by atoms with van der Waals surface area (Å²) in [5.74, 6) is 2.01. The Kier molecular flexibility index (Phi) is 7.68. The van der Waals surface area contributed by atoms with Crippen LogP contribution < -0.4 is 20.1 Å². The van der Waals surface area contributed by atoms with Crippen LogP contribution in [0.5, 0.6) is 11.5 Å². The lowest BCUT2D eigenvalue weighted by Gasteiger charge is -2.24. The minimum absolute atomic E-state index is 0.114. The highest BCUT2D eigenvalue weighted by molar-refractivity contribution is 5.93. The number of ether oxygens (including phenoxy) is 2. The van der Waals surface area contributed by atoms with Gasteiger partial charge in [-0.2, -0.15) is 0 Å². The first-order valence-corrected chi connectivity index (χ1v) is 7.90. The summed E-state index contributed by atoms with van der Waals surface area (Å²) >= 11 is 0. The standard InChI is InChI=1S/C17H29N3O3/c1-6-17(3,12-21)11-19-16(18-7-2)20-13-8-9-14(22-4)15(10-13)23-5/h8-10,21H,6-7,11-12H2,1-5H3,(H2,18,19,20). The molecule has 1 rings (SSSR count). The molecule has 1 aromatic rings. The zero-order valence-corrected chi connectivity index (χ0v) is 14.8. The highest BCUT2D eigenvalue weighted by atomic mass is 16.5. The van der Waals surface area contributed by atoms with Crippen LogP contribution in [0.2, 0.25) is 0 Å². The molecule has 3 N–H and O–H groups in total. The monoisotopic (exact) mass is 323 g/mol. The molecule has 0 bridgehead atoms. The molecular weight excluding hydrogens is 294 g/mol. The van der Waals surface area contributed by atoms with Gasteiger partial charge in [0.1, 0.15) is 0 Å². The third-order valence-electron chi connectivity index (χ3n) is 3.84. The largest absolute Gasteiger partial charge is 0.493 e. The molecule has 0 radical (unpaired) electrons. The van der Waals surface area contributed by atoms with Crippen molar-refractivity contribution in [2.45, 2.75) is 27.2 Å². The second kappa shape index (κ2) is 9.25. The lowest BCUT2D eigenvalue weighted by Crippen LogP contribution is -2.33. The van der Waals surface area contributed by atoms with Crippen molar-refractivity contribution in [3.63, 3.8) is 0 Å². The van der Waals surface area contributed by atoms with Crippen LogP contribution >= 0.6 is 0 Å². The van der Waals surface area contributed by atoms with Crippen molar-refractivity contribution in [1.29, 1.82) is 0 Å². The smallest absolute Gasteiger partial charge is 0.195 e. The highest BCUT2D eigenvalue weighted by Gasteiger charge is 2.20. The van der Waals surface area contributed by atoms with E-state index in [1.54, 1.807) is 14.2 Å². The molecule has 130 valence electrons. The van der Waals surface area contributed by atoms with E-state index in [4.69, 9.17) is 9.47 Å². The van der Waals surface area contributed by atoms with Crippen molar-refractivity contribution in [3.8, 4) is 11.5 Å². The summed E-state index contributed by atoms with van der Waals surface area (Å²) in [5, 5.41) is 16.0. The molecule has 0 fully saturated rings. The van der Waals surface area contributed by atoms with Crippen LogP contribution in [0.4, 0.5) is 5.69 Å².